The molecule has 1 aliphatic heterocycles. The molecule has 0 aromatic heterocycles. The van der Waals surface area contributed by atoms with E-state index in [4.69, 9.17) is 5.11 Å². The maximum absolute atomic E-state index is 12.4. The monoisotopic (exact) mass is 278 g/mol. The van der Waals surface area contributed by atoms with Crippen molar-refractivity contribution in [2.45, 2.75) is 31.0 Å². The molecule has 0 aromatic carbocycles. The average molecular weight is 278 g/mol. The van der Waals surface area contributed by atoms with Crippen LogP contribution in [0.4, 0.5) is 18.0 Å². The van der Waals surface area contributed by atoms with Gasteiger partial charge in [-0.15, -0.1) is 0 Å². The molecule has 5 nitrogen and oxygen atoms in total. The summed E-state index contributed by atoms with van der Waals surface area (Å²) in [6.45, 7) is -0.219. The third kappa shape index (κ3) is 2.82. The van der Waals surface area contributed by atoms with E-state index in [1.807, 2.05) is 0 Å². The van der Waals surface area contributed by atoms with Crippen molar-refractivity contribution in [3.63, 3.8) is 0 Å². The molecule has 2 N–H and O–H groups in total. The fourth-order valence-electron chi connectivity index (χ4n) is 1.91. The molecule has 1 heterocycles. The quantitative estimate of drug-likeness (QED) is 0.752. The van der Waals surface area contributed by atoms with Gasteiger partial charge in [-0.3, -0.25) is 0 Å². The van der Waals surface area contributed by atoms with Crippen LogP contribution in [0.3, 0.4) is 0 Å². The van der Waals surface area contributed by atoms with Gasteiger partial charge in [0, 0.05) is 18.7 Å². The number of carboxylic acid groups (broad SMARTS) is 1. The number of rotatable bonds is 2. The van der Waals surface area contributed by atoms with Crippen LogP contribution in [0, 0.1) is 0 Å². The minimum absolute atomic E-state index is 0.0626. The van der Waals surface area contributed by atoms with Crippen LogP contribution in [-0.4, -0.2) is 46.8 Å². The zero-order valence-corrected chi connectivity index (χ0v) is 9.96. The second-order valence-corrected chi connectivity index (χ2v) is 4.74. The van der Waals surface area contributed by atoms with Crippen molar-refractivity contribution in [2.75, 3.05) is 13.1 Å². The summed E-state index contributed by atoms with van der Waals surface area (Å²) in [5, 5.41) is 11.3. The number of aliphatic carboxylic acids is 1. The summed E-state index contributed by atoms with van der Waals surface area (Å²) in [6.07, 6.45) is -2.96. The standard InChI is InChI=1S/C11H13F3N2O3/c12-11(13,14)7-1-5-16(6-2-7)9(19)15-10(3-4-10)8(17)18/h1H,2-6H2,(H,15,19)(H,17,18). The van der Waals surface area contributed by atoms with E-state index in [0.29, 0.717) is 12.8 Å². The molecule has 0 unspecified atom stereocenters. The number of halogens is 3. The molecule has 0 bridgehead atoms. The molecule has 2 aliphatic rings. The van der Waals surface area contributed by atoms with Gasteiger partial charge in [0.15, 0.2) is 0 Å². The van der Waals surface area contributed by atoms with Crippen molar-refractivity contribution in [3.05, 3.63) is 11.6 Å². The predicted octanol–water partition coefficient (Wildman–Crippen LogP) is 1.51. The first-order valence-corrected chi connectivity index (χ1v) is 5.81. The van der Waals surface area contributed by atoms with Crippen LogP contribution in [0.15, 0.2) is 11.6 Å². The van der Waals surface area contributed by atoms with E-state index < -0.39 is 29.3 Å². The number of alkyl halides is 3. The molecule has 0 saturated heterocycles. The van der Waals surface area contributed by atoms with Crippen molar-refractivity contribution in [1.82, 2.24) is 10.2 Å². The normalized spacial score (nSPS) is 21.6. The Bertz CT molecular complexity index is 441. The molecular formula is C11H13F3N2O3. The molecule has 1 fully saturated rings. The van der Waals surface area contributed by atoms with Crippen molar-refractivity contribution >= 4 is 12.0 Å². The van der Waals surface area contributed by atoms with Crippen LogP contribution in [0.2, 0.25) is 0 Å². The fraction of sp³-hybridized carbons (Fsp3) is 0.636. The third-order valence-corrected chi connectivity index (χ3v) is 3.37. The Labute approximate surface area is 107 Å². The fourth-order valence-corrected chi connectivity index (χ4v) is 1.91. The van der Waals surface area contributed by atoms with Gasteiger partial charge >= 0.3 is 18.2 Å². The number of carbonyl (C=O) groups excluding carboxylic acids is 1. The summed E-state index contributed by atoms with van der Waals surface area (Å²) in [4.78, 5) is 23.8. The van der Waals surface area contributed by atoms with Crippen LogP contribution < -0.4 is 5.32 Å². The Morgan fingerprint density at radius 3 is 2.37 bits per heavy atom. The molecule has 0 aromatic rings. The average Bonchev–Trinajstić information content (AvgIpc) is 3.09. The number of amides is 2. The molecule has 0 atom stereocenters. The first-order valence-electron chi connectivity index (χ1n) is 5.81. The van der Waals surface area contributed by atoms with Gasteiger partial charge in [-0.1, -0.05) is 6.08 Å². The molecule has 1 saturated carbocycles. The number of nitrogens with zero attached hydrogens (tertiary/aromatic N) is 1. The SMILES string of the molecule is O=C(NC1(C(=O)O)CC1)N1CC=C(C(F)(F)F)CC1. The highest BCUT2D eigenvalue weighted by Gasteiger charge is 2.52. The van der Waals surface area contributed by atoms with Crippen LogP contribution >= 0.6 is 0 Å². The molecule has 0 radical (unpaired) electrons. The van der Waals surface area contributed by atoms with Gasteiger partial charge in [-0.05, 0) is 19.3 Å². The number of nitrogens with one attached hydrogen (secondary N) is 1. The van der Waals surface area contributed by atoms with Crippen molar-refractivity contribution in [1.29, 1.82) is 0 Å². The van der Waals surface area contributed by atoms with Gasteiger partial charge in [0.05, 0.1) is 0 Å². The number of hydrogen-bond acceptors (Lipinski definition) is 2. The number of carboxylic acids is 1. The van der Waals surface area contributed by atoms with Crippen molar-refractivity contribution < 1.29 is 27.9 Å². The zero-order valence-electron chi connectivity index (χ0n) is 9.96. The second kappa shape index (κ2) is 4.43. The second-order valence-electron chi connectivity index (χ2n) is 4.74. The summed E-state index contributed by atoms with van der Waals surface area (Å²) >= 11 is 0. The highest BCUT2D eigenvalue weighted by Crippen LogP contribution is 2.36. The number of urea groups is 1. The van der Waals surface area contributed by atoms with Gasteiger partial charge in [0.1, 0.15) is 5.54 Å². The van der Waals surface area contributed by atoms with E-state index in [1.54, 1.807) is 0 Å². The van der Waals surface area contributed by atoms with E-state index in [2.05, 4.69) is 5.32 Å². The molecule has 19 heavy (non-hydrogen) atoms. The van der Waals surface area contributed by atoms with Crippen molar-refractivity contribution in [2.24, 2.45) is 0 Å². The van der Waals surface area contributed by atoms with Crippen LogP contribution in [0.25, 0.3) is 0 Å². The molecular weight excluding hydrogens is 265 g/mol. The summed E-state index contributed by atoms with van der Waals surface area (Å²) < 4.78 is 37.2. The van der Waals surface area contributed by atoms with Crippen molar-refractivity contribution in [3.8, 4) is 0 Å². The Hall–Kier alpha value is -1.73. The maximum Gasteiger partial charge on any atom is 0.412 e. The number of hydrogen-bond donors (Lipinski definition) is 2. The molecule has 0 spiro atoms. The van der Waals surface area contributed by atoms with E-state index in [-0.39, 0.29) is 19.5 Å². The minimum atomic E-state index is -4.36. The zero-order chi connectivity index (χ0) is 14.3. The Morgan fingerprint density at radius 1 is 1.37 bits per heavy atom. The minimum Gasteiger partial charge on any atom is -0.480 e. The van der Waals surface area contributed by atoms with E-state index >= 15 is 0 Å². The topological polar surface area (TPSA) is 69.6 Å². The summed E-state index contributed by atoms with van der Waals surface area (Å²) in [6, 6.07) is -0.627. The van der Waals surface area contributed by atoms with E-state index in [0.717, 1.165) is 6.08 Å². The smallest absolute Gasteiger partial charge is 0.412 e. The highest BCUT2D eigenvalue weighted by atomic mass is 19.4. The molecule has 2 amide bonds. The largest absolute Gasteiger partial charge is 0.480 e. The van der Waals surface area contributed by atoms with Gasteiger partial charge in [-0.25, -0.2) is 9.59 Å². The maximum atomic E-state index is 12.4. The molecule has 2 rings (SSSR count). The van der Waals surface area contributed by atoms with E-state index in [1.165, 1.54) is 4.90 Å². The van der Waals surface area contributed by atoms with Gasteiger partial charge in [0.2, 0.25) is 0 Å². The van der Waals surface area contributed by atoms with Gasteiger partial charge in [-0.2, -0.15) is 13.2 Å². The van der Waals surface area contributed by atoms with Crippen LogP contribution in [0.5, 0.6) is 0 Å². The molecule has 106 valence electrons. The number of carbonyl (C=O) groups is 2. The first kappa shape index (κ1) is 13.7. The molecule has 1 aliphatic carbocycles. The third-order valence-electron chi connectivity index (χ3n) is 3.37. The van der Waals surface area contributed by atoms with E-state index in [9.17, 15) is 22.8 Å². The lowest BCUT2D eigenvalue weighted by atomic mass is 10.1. The Kier molecular flexibility index (Phi) is 3.19. The van der Waals surface area contributed by atoms with Gasteiger partial charge < -0.3 is 15.3 Å². The predicted molar refractivity (Wildman–Crippen MR) is 58.5 cm³/mol. The van der Waals surface area contributed by atoms with Gasteiger partial charge in [0.25, 0.3) is 0 Å². The summed E-state index contributed by atoms with van der Waals surface area (Å²) in [7, 11) is 0. The lowest BCUT2D eigenvalue weighted by Crippen LogP contribution is -2.50. The Balaban J connectivity index is 1.93. The highest BCUT2D eigenvalue weighted by molar-refractivity contribution is 5.89. The first-order chi connectivity index (χ1) is 8.74. The molecule has 8 heteroatoms. The lowest BCUT2D eigenvalue weighted by molar-refractivity contribution is -0.140. The summed E-state index contributed by atoms with van der Waals surface area (Å²) in [5.41, 5.74) is -1.86. The lowest BCUT2D eigenvalue weighted by Gasteiger charge is -2.28. The summed E-state index contributed by atoms with van der Waals surface area (Å²) in [5.74, 6) is -1.11. The van der Waals surface area contributed by atoms with Crippen LogP contribution in [0.1, 0.15) is 19.3 Å². The van der Waals surface area contributed by atoms with Crippen LogP contribution in [-0.2, 0) is 4.79 Å². The Morgan fingerprint density at radius 2 is 2.00 bits per heavy atom.